The Labute approximate surface area is 407 Å². The zero-order valence-electron chi connectivity index (χ0n) is 46.0. The van der Waals surface area contributed by atoms with Gasteiger partial charge in [-0.25, -0.2) is 0 Å². The first-order chi connectivity index (χ1) is 31.6. The van der Waals surface area contributed by atoms with E-state index in [-0.39, 0.29) is 0 Å². The van der Waals surface area contributed by atoms with Crippen LogP contribution in [-0.4, -0.2) is 98.1 Å². The Kier molecular flexibility index (Phi) is 55.3. The Morgan fingerprint density at radius 3 is 0.375 bits per heavy atom. The molecule has 0 aliphatic carbocycles. The molecule has 0 saturated carbocycles. The summed E-state index contributed by atoms with van der Waals surface area (Å²) < 4.78 is 0. The Hall–Kier alpha value is -0.160. The van der Waals surface area contributed by atoms with E-state index in [0.717, 1.165) is 0 Å². The third-order valence-electron chi connectivity index (χ3n) is 14.7. The quantitative estimate of drug-likeness (QED) is 0.0564. The van der Waals surface area contributed by atoms with Crippen molar-refractivity contribution < 1.29 is 0 Å². The molecule has 64 heavy (non-hydrogen) atoms. The summed E-state index contributed by atoms with van der Waals surface area (Å²) in [7, 11) is 0. The minimum Gasteiger partial charge on any atom is -0.302 e. The molecule has 0 aromatic heterocycles. The van der Waals surface area contributed by atoms with E-state index in [1.54, 1.807) is 0 Å². The van der Waals surface area contributed by atoms with Crippen LogP contribution in [0.4, 0.5) is 0 Å². The van der Waals surface area contributed by atoms with Gasteiger partial charge in [0.2, 0.25) is 0 Å². The van der Waals surface area contributed by atoms with Gasteiger partial charge in [0.05, 0.1) is 0 Å². The van der Waals surface area contributed by atoms with Crippen molar-refractivity contribution in [3.05, 3.63) is 0 Å². The van der Waals surface area contributed by atoms with Gasteiger partial charge in [0.15, 0.2) is 0 Å². The lowest BCUT2D eigenvalue weighted by atomic mass is 10.1. The molecule has 0 aliphatic rings. The fourth-order valence-electron chi connectivity index (χ4n) is 9.95. The molecular weight excluding hydrogens is 777 g/mol. The minimum absolute atomic E-state index is 1.27. The summed E-state index contributed by atoms with van der Waals surface area (Å²) in [6.07, 6.45) is 59.6. The van der Waals surface area contributed by atoms with Gasteiger partial charge < -0.3 is 19.6 Å². The molecule has 0 bridgehead atoms. The number of nitrogens with zero attached hydrogens (tertiary/aromatic N) is 4. The molecule has 0 rings (SSSR count). The molecule has 0 radical (unpaired) electrons. The van der Waals surface area contributed by atoms with Crippen LogP contribution in [0.2, 0.25) is 0 Å². The summed E-state index contributed by atoms with van der Waals surface area (Å²) in [6.45, 7) is 29.7. The molecule has 0 aliphatic heterocycles. The van der Waals surface area contributed by atoms with Gasteiger partial charge in [0.1, 0.15) is 0 Å². The fourth-order valence-corrected chi connectivity index (χ4v) is 9.95. The second-order valence-electron chi connectivity index (χ2n) is 21.1. The molecular formula is C60H126N4. The normalized spacial score (nSPS) is 12.1. The molecule has 0 amide bonds. The van der Waals surface area contributed by atoms with Crippen LogP contribution in [0.1, 0.15) is 311 Å². The predicted molar refractivity (Wildman–Crippen MR) is 294 cm³/mol. The highest BCUT2D eigenvalue weighted by Gasteiger charge is 2.15. The second-order valence-corrected chi connectivity index (χ2v) is 21.1. The number of hydrogen-bond acceptors (Lipinski definition) is 4. The molecule has 0 aromatic rings. The van der Waals surface area contributed by atoms with Crippen LogP contribution in [0, 0.1) is 0 Å². The zero-order chi connectivity index (χ0) is 46.5. The topological polar surface area (TPSA) is 13.0 Å². The molecule has 0 atom stereocenters. The number of rotatable bonds is 57. The molecule has 0 aromatic carbocycles. The Bertz CT molecular complexity index is 717. The average Bonchev–Trinajstić information content (AvgIpc) is 3.30. The molecule has 4 nitrogen and oxygen atoms in total. The van der Waals surface area contributed by atoms with Crippen LogP contribution in [0.15, 0.2) is 0 Å². The summed E-state index contributed by atoms with van der Waals surface area (Å²) in [4.78, 5) is 11.7. The maximum absolute atomic E-state index is 2.95. The first kappa shape index (κ1) is 63.8. The first-order valence-electron chi connectivity index (χ1n) is 30.5. The van der Waals surface area contributed by atoms with E-state index in [4.69, 9.17) is 0 Å². The van der Waals surface area contributed by atoms with Crippen molar-refractivity contribution in [3.8, 4) is 0 Å². The summed E-state index contributed by atoms with van der Waals surface area (Å²) in [5.74, 6) is 0. The maximum Gasteiger partial charge on any atom is 0.0110 e. The van der Waals surface area contributed by atoms with Crippen molar-refractivity contribution in [3.63, 3.8) is 0 Å². The van der Waals surface area contributed by atoms with E-state index in [0.29, 0.717) is 0 Å². The third-order valence-corrected chi connectivity index (χ3v) is 14.7. The lowest BCUT2D eigenvalue weighted by molar-refractivity contribution is 0.155. The predicted octanol–water partition coefficient (Wildman–Crippen LogP) is 18.7. The van der Waals surface area contributed by atoms with Crippen LogP contribution in [0.5, 0.6) is 0 Å². The van der Waals surface area contributed by atoms with E-state index in [2.05, 4.69) is 61.1 Å². The monoisotopic (exact) mass is 903 g/mol. The highest BCUT2D eigenvalue weighted by molar-refractivity contribution is 4.71. The van der Waals surface area contributed by atoms with Crippen molar-refractivity contribution in [1.29, 1.82) is 0 Å². The average molecular weight is 904 g/mol. The van der Waals surface area contributed by atoms with Crippen LogP contribution in [0.25, 0.3) is 0 Å². The van der Waals surface area contributed by atoms with Crippen molar-refractivity contribution >= 4 is 0 Å². The Balaban J connectivity index is 5.74. The molecule has 0 unspecified atom stereocenters. The molecule has 386 valence electrons. The molecule has 0 spiro atoms. The number of unbranched alkanes of at least 4 members (excludes halogenated alkanes) is 36. The highest BCUT2D eigenvalue weighted by atomic mass is 15.2. The standard InChI is InChI=1S/C60H126N4/c1-7-13-19-25-31-37-43-49-61(50-44-38-32-26-20-14-8-2)55-57-63(53-47-41-35-29-23-17-11-5)59-60-64(54-48-42-36-30-24-18-12-6)58-56-62(51-45-39-33-27-21-15-9-3)52-46-40-34-28-22-16-10-4/h7-60H2,1-6H3. The van der Waals surface area contributed by atoms with Gasteiger partial charge in [0, 0.05) is 39.3 Å². The van der Waals surface area contributed by atoms with Gasteiger partial charge in [-0.2, -0.15) is 0 Å². The van der Waals surface area contributed by atoms with E-state index < -0.39 is 0 Å². The second kappa shape index (κ2) is 55.4. The lowest BCUT2D eigenvalue weighted by Gasteiger charge is -2.32. The van der Waals surface area contributed by atoms with Crippen molar-refractivity contribution in [2.75, 3.05) is 78.5 Å². The maximum atomic E-state index is 2.95. The Morgan fingerprint density at radius 1 is 0.125 bits per heavy atom. The van der Waals surface area contributed by atoms with Crippen LogP contribution in [0.3, 0.4) is 0 Å². The first-order valence-corrected chi connectivity index (χ1v) is 30.5. The van der Waals surface area contributed by atoms with Gasteiger partial charge >= 0.3 is 0 Å². The lowest BCUT2D eigenvalue weighted by Crippen LogP contribution is -2.43. The van der Waals surface area contributed by atoms with E-state index in [9.17, 15) is 0 Å². The summed E-state index contributed by atoms with van der Waals surface area (Å²) in [6, 6.07) is 0. The molecule has 0 fully saturated rings. The molecule has 0 saturated heterocycles. The molecule has 0 heterocycles. The minimum atomic E-state index is 1.27. The largest absolute Gasteiger partial charge is 0.302 e. The van der Waals surface area contributed by atoms with Gasteiger partial charge in [-0.1, -0.05) is 273 Å². The zero-order valence-corrected chi connectivity index (χ0v) is 46.0. The van der Waals surface area contributed by atoms with Crippen LogP contribution in [-0.2, 0) is 0 Å². The van der Waals surface area contributed by atoms with Crippen molar-refractivity contribution in [2.45, 2.75) is 311 Å². The summed E-state index contributed by atoms with van der Waals surface area (Å²) in [5, 5.41) is 0. The smallest absolute Gasteiger partial charge is 0.0110 e. The summed E-state index contributed by atoms with van der Waals surface area (Å²) in [5.41, 5.74) is 0. The summed E-state index contributed by atoms with van der Waals surface area (Å²) >= 11 is 0. The highest BCUT2D eigenvalue weighted by Crippen LogP contribution is 2.15. The van der Waals surface area contributed by atoms with E-state index in [1.165, 1.54) is 348 Å². The van der Waals surface area contributed by atoms with E-state index >= 15 is 0 Å². The Morgan fingerprint density at radius 2 is 0.234 bits per heavy atom. The van der Waals surface area contributed by atoms with Crippen LogP contribution < -0.4 is 0 Å². The van der Waals surface area contributed by atoms with Crippen molar-refractivity contribution in [2.24, 2.45) is 0 Å². The van der Waals surface area contributed by atoms with Gasteiger partial charge in [-0.15, -0.1) is 0 Å². The van der Waals surface area contributed by atoms with Gasteiger partial charge in [-0.05, 0) is 77.8 Å². The van der Waals surface area contributed by atoms with Gasteiger partial charge in [0.25, 0.3) is 0 Å². The SMILES string of the molecule is CCCCCCCCCN(CCCCCCCCC)CCN(CCCCCCCCC)CCN(CCCCCCCCC)CCN(CCCCCCCCC)CCCCCCCCC. The molecule has 0 N–H and O–H groups in total. The van der Waals surface area contributed by atoms with Gasteiger partial charge in [-0.3, -0.25) is 0 Å². The fraction of sp³-hybridized carbons (Fsp3) is 1.00. The van der Waals surface area contributed by atoms with E-state index in [1.807, 2.05) is 0 Å². The van der Waals surface area contributed by atoms with Crippen molar-refractivity contribution in [1.82, 2.24) is 19.6 Å². The molecule has 4 heteroatoms. The third kappa shape index (κ3) is 48.3. The number of hydrogen-bond donors (Lipinski definition) is 0. The van der Waals surface area contributed by atoms with Crippen LogP contribution >= 0.6 is 0 Å².